The summed E-state index contributed by atoms with van der Waals surface area (Å²) in [4.78, 5) is 18.2. The molecular weight excluding hydrogens is 326 g/mol. The van der Waals surface area contributed by atoms with Crippen LogP contribution in [0.25, 0.3) is 10.1 Å². The molecule has 3 aromatic rings. The number of thiophene rings is 1. The number of nitrogens with zero attached hydrogens (tertiary/aromatic N) is 1. The number of thiazole rings is 1. The number of carbonyl (C=O) groups is 1. The highest BCUT2D eigenvalue weighted by Crippen LogP contribution is 2.35. The van der Waals surface area contributed by atoms with Crippen LogP contribution in [0.1, 0.15) is 20.2 Å². The summed E-state index contributed by atoms with van der Waals surface area (Å²) in [6, 6.07) is 5.43. The van der Waals surface area contributed by atoms with Gasteiger partial charge in [-0.05, 0) is 32.0 Å². The molecule has 4 nitrogen and oxygen atoms in total. The van der Waals surface area contributed by atoms with Crippen LogP contribution < -0.4 is 11.1 Å². The lowest BCUT2D eigenvalue weighted by molar-refractivity contribution is 0.103. The van der Waals surface area contributed by atoms with Crippen LogP contribution in [0.2, 0.25) is 5.02 Å². The van der Waals surface area contributed by atoms with E-state index >= 15 is 0 Å². The van der Waals surface area contributed by atoms with Crippen molar-refractivity contribution in [1.82, 2.24) is 4.98 Å². The lowest BCUT2D eigenvalue weighted by atomic mass is 10.2. The zero-order valence-corrected chi connectivity index (χ0v) is 13.7. The second kappa shape index (κ2) is 5.29. The highest BCUT2D eigenvalue weighted by Gasteiger charge is 2.18. The topological polar surface area (TPSA) is 68.0 Å². The summed E-state index contributed by atoms with van der Waals surface area (Å²) in [7, 11) is 0. The summed E-state index contributed by atoms with van der Waals surface area (Å²) >= 11 is 8.77. The molecular formula is C14H12ClN3OS2. The van der Waals surface area contributed by atoms with Gasteiger partial charge in [0.25, 0.3) is 5.91 Å². The monoisotopic (exact) mass is 337 g/mol. The first-order valence-corrected chi connectivity index (χ1v) is 8.19. The molecule has 0 radical (unpaired) electrons. The third-order valence-electron chi connectivity index (χ3n) is 3.14. The summed E-state index contributed by atoms with van der Waals surface area (Å²) in [5.74, 6) is -0.237. The molecule has 7 heteroatoms. The zero-order chi connectivity index (χ0) is 15.1. The highest BCUT2D eigenvalue weighted by molar-refractivity contribution is 7.22. The summed E-state index contributed by atoms with van der Waals surface area (Å²) in [5.41, 5.74) is 7.45. The molecule has 0 unspecified atom stereocenters. The summed E-state index contributed by atoms with van der Waals surface area (Å²) in [6.07, 6.45) is 0. The van der Waals surface area contributed by atoms with Gasteiger partial charge in [-0.1, -0.05) is 11.6 Å². The van der Waals surface area contributed by atoms with Gasteiger partial charge in [0.05, 0.1) is 11.4 Å². The van der Waals surface area contributed by atoms with Crippen LogP contribution in [-0.4, -0.2) is 10.9 Å². The van der Waals surface area contributed by atoms with Crippen molar-refractivity contribution in [2.75, 3.05) is 11.1 Å². The lowest BCUT2D eigenvalue weighted by Crippen LogP contribution is -2.11. The van der Waals surface area contributed by atoms with Crippen molar-refractivity contribution in [3.8, 4) is 0 Å². The molecule has 0 saturated heterocycles. The van der Waals surface area contributed by atoms with Crippen LogP contribution >= 0.6 is 34.3 Å². The average molecular weight is 338 g/mol. The first-order chi connectivity index (χ1) is 9.95. The fourth-order valence-corrected chi connectivity index (χ4v) is 3.92. The van der Waals surface area contributed by atoms with E-state index in [1.807, 2.05) is 19.9 Å². The van der Waals surface area contributed by atoms with Gasteiger partial charge in [0, 0.05) is 20.0 Å². The lowest BCUT2D eigenvalue weighted by Gasteiger charge is -2.00. The van der Waals surface area contributed by atoms with E-state index in [0.717, 1.165) is 20.7 Å². The number of nitrogens with one attached hydrogen (secondary N) is 1. The van der Waals surface area contributed by atoms with Crippen molar-refractivity contribution in [2.45, 2.75) is 13.8 Å². The van der Waals surface area contributed by atoms with Crippen molar-refractivity contribution in [1.29, 1.82) is 0 Å². The fourth-order valence-electron chi connectivity index (χ4n) is 1.94. The Morgan fingerprint density at radius 1 is 1.33 bits per heavy atom. The molecule has 108 valence electrons. The molecule has 0 aliphatic rings. The van der Waals surface area contributed by atoms with Gasteiger partial charge < -0.3 is 5.73 Å². The number of hydrogen-bond donors (Lipinski definition) is 2. The Morgan fingerprint density at radius 2 is 2.10 bits per heavy atom. The Labute approximate surface area is 134 Å². The number of aryl methyl sites for hydroxylation is 2. The minimum absolute atomic E-state index is 0.237. The second-order valence-electron chi connectivity index (χ2n) is 4.60. The van der Waals surface area contributed by atoms with E-state index in [1.165, 1.54) is 22.7 Å². The largest absolute Gasteiger partial charge is 0.397 e. The number of carbonyl (C=O) groups excluding carboxylic acids is 1. The van der Waals surface area contributed by atoms with Crippen LogP contribution in [0.5, 0.6) is 0 Å². The number of nitrogens with two attached hydrogens (primary N) is 1. The first kappa shape index (κ1) is 14.3. The number of fused-ring (bicyclic) bond motifs is 1. The predicted molar refractivity (Wildman–Crippen MR) is 90.8 cm³/mol. The van der Waals surface area contributed by atoms with Crippen LogP contribution in [0.3, 0.4) is 0 Å². The van der Waals surface area contributed by atoms with Crippen molar-refractivity contribution >= 4 is 61.1 Å². The molecule has 3 rings (SSSR count). The van der Waals surface area contributed by atoms with E-state index in [1.54, 1.807) is 12.1 Å². The van der Waals surface area contributed by atoms with E-state index in [9.17, 15) is 4.79 Å². The highest BCUT2D eigenvalue weighted by atomic mass is 35.5. The van der Waals surface area contributed by atoms with Crippen molar-refractivity contribution < 1.29 is 4.79 Å². The molecule has 0 fully saturated rings. The maximum Gasteiger partial charge on any atom is 0.269 e. The van der Waals surface area contributed by atoms with Gasteiger partial charge >= 0.3 is 0 Å². The van der Waals surface area contributed by atoms with Crippen LogP contribution in [0.4, 0.5) is 10.8 Å². The molecule has 1 aromatic carbocycles. The maximum atomic E-state index is 12.4. The standard InChI is InChI=1S/C14H12ClN3OS2/c1-6-7(2)20-14(17-6)18-13(19)12-11(16)9-5-8(15)3-4-10(9)21-12/h3-5H,16H2,1-2H3,(H,17,18,19). The zero-order valence-electron chi connectivity index (χ0n) is 11.4. The number of hydrogen-bond acceptors (Lipinski definition) is 5. The van der Waals surface area contributed by atoms with Crippen molar-refractivity contribution in [3.05, 3.63) is 38.7 Å². The molecule has 0 bridgehead atoms. The summed E-state index contributed by atoms with van der Waals surface area (Å²) in [6.45, 7) is 3.88. The first-order valence-electron chi connectivity index (χ1n) is 6.18. The summed E-state index contributed by atoms with van der Waals surface area (Å²) in [5, 5.41) is 4.80. The van der Waals surface area contributed by atoms with Crippen LogP contribution in [0, 0.1) is 13.8 Å². The molecule has 0 saturated carbocycles. The Bertz CT molecular complexity index is 834. The van der Waals surface area contributed by atoms with E-state index < -0.39 is 0 Å². The van der Waals surface area contributed by atoms with E-state index in [-0.39, 0.29) is 5.91 Å². The maximum absolute atomic E-state index is 12.4. The van der Waals surface area contributed by atoms with Crippen LogP contribution in [0.15, 0.2) is 18.2 Å². The van der Waals surface area contributed by atoms with E-state index in [0.29, 0.717) is 20.7 Å². The molecule has 0 spiro atoms. The average Bonchev–Trinajstić information content (AvgIpc) is 2.91. The SMILES string of the molecule is Cc1nc(NC(=O)c2sc3ccc(Cl)cc3c2N)sc1C. The van der Waals surface area contributed by atoms with Gasteiger partial charge in [0.1, 0.15) is 4.88 Å². The Kier molecular flexibility index (Phi) is 3.61. The Hall–Kier alpha value is -1.63. The smallest absolute Gasteiger partial charge is 0.269 e. The number of nitrogen functional groups attached to an aromatic ring is 1. The van der Waals surface area contributed by atoms with Gasteiger partial charge in [-0.3, -0.25) is 10.1 Å². The summed E-state index contributed by atoms with van der Waals surface area (Å²) < 4.78 is 0.938. The van der Waals surface area contributed by atoms with Gasteiger partial charge in [0.15, 0.2) is 5.13 Å². The normalized spacial score (nSPS) is 11.0. The second-order valence-corrected chi connectivity index (χ2v) is 7.29. The molecule has 1 amide bonds. The Morgan fingerprint density at radius 3 is 2.76 bits per heavy atom. The molecule has 2 heterocycles. The minimum Gasteiger partial charge on any atom is -0.397 e. The van der Waals surface area contributed by atoms with Crippen molar-refractivity contribution in [2.24, 2.45) is 0 Å². The molecule has 0 atom stereocenters. The number of halogens is 1. The number of aromatic nitrogens is 1. The van der Waals surface area contributed by atoms with Gasteiger partial charge in [-0.2, -0.15) is 0 Å². The molecule has 2 aromatic heterocycles. The van der Waals surface area contributed by atoms with Gasteiger partial charge in [0.2, 0.25) is 0 Å². The third-order valence-corrected chi connectivity index (χ3v) is 5.55. The van der Waals surface area contributed by atoms with E-state index in [2.05, 4.69) is 10.3 Å². The van der Waals surface area contributed by atoms with Crippen LogP contribution in [-0.2, 0) is 0 Å². The van der Waals surface area contributed by atoms with E-state index in [4.69, 9.17) is 17.3 Å². The number of anilines is 2. The number of rotatable bonds is 2. The number of amides is 1. The fraction of sp³-hybridized carbons (Fsp3) is 0.143. The van der Waals surface area contributed by atoms with Crippen molar-refractivity contribution in [3.63, 3.8) is 0 Å². The molecule has 0 aliphatic heterocycles. The molecule has 0 aliphatic carbocycles. The minimum atomic E-state index is -0.237. The Balaban J connectivity index is 1.96. The number of benzene rings is 1. The quantitative estimate of drug-likeness (QED) is 0.725. The van der Waals surface area contributed by atoms with Gasteiger partial charge in [-0.25, -0.2) is 4.98 Å². The van der Waals surface area contributed by atoms with Gasteiger partial charge in [-0.15, -0.1) is 22.7 Å². The predicted octanol–water partition coefficient (Wildman–Crippen LogP) is 4.46. The third kappa shape index (κ3) is 2.62. The molecule has 3 N–H and O–H groups in total. The molecule has 21 heavy (non-hydrogen) atoms.